The number of aromatic nitrogens is 1. The fraction of sp³-hybridized carbons (Fsp3) is 0.278. The van der Waals surface area contributed by atoms with Gasteiger partial charge in [-0.05, 0) is 50.1 Å². The molecule has 0 unspecified atom stereocenters. The van der Waals surface area contributed by atoms with E-state index in [2.05, 4.69) is 10.3 Å². The number of nitrogens with one attached hydrogen (secondary N) is 1. The minimum absolute atomic E-state index is 0.0586. The normalized spacial score (nSPS) is 10.3. The van der Waals surface area contributed by atoms with Crippen LogP contribution in [0.3, 0.4) is 0 Å². The van der Waals surface area contributed by atoms with Gasteiger partial charge in [-0.3, -0.25) is 4.79 Å². The lowest BCUT2D eigenvalue weighted by Gasteiger charge is -2.12. The van der Waals surface area contributed by atoms with Crippen LogP contribution >= 0.6 is 11.6 Å². The SMILES string of the molecule is COc1ccc(C)cc1NC(=O)COC(=O)c1c(C)cc(C)nc1Cl. The average molecular weight is 363 g/mol. The molecular formula is C18H19ClN2O4. The Balaban J connectivity index is 2.03. The van der Waals surface area contributed by atoms with Gasteiger partial charge in [0.15, 0.2) is 6.61 Å². The quantitative estimate of drug-likeness (QED) is 0.651. The molecule has 7 heteroatoms. The van der Waals surface area contributed by atoms with Crippen LogP contribution in [0.15, 0.2) is 24.3 Å². The minimum atomic E-state index is -0.693. The second kappa shape index (κ2) is 7.98. The standard InChI is InChI=1S/C18H19ClN2O4/c1-10-5-6-14(24-4)13(7-10)21-15(22)9-25-18(23)16-11(2)8-12(3)20-17(16)19/h5-8H,9H2,1-4H3,(H,21,22). The number of methoxy groups -OCH3 is 1. The van der Waals surface area contributed by atoms with E-state index in [1.54, 1.807) is 32.0 Å². The van der Waals surface area contributed by atoms with Crippen LogP contribution in [0, 0.1) is 20.8 Å². The van der Waals surface area contributed by atoms with E-state index >= 15 is 0 Å². The topological polar surface area (TPSA) is 77.5 Å². The van der Waals surface area contributed by atoms with Crippen molar-refractivity contribution >= 4 is 29.2 Å². The van der Waals surface area contributed by atoms with Crippen molar-refractivity contribution in [2.24, 2.45) is 0 Å². The van der Waals surface area contributed by atoms with E-state index in [-0.39, 0.29) is 10.7 Å². The molecule has 0 spiro atoms. The Kier molecular flexibility index (Phi) is 5.98. The Bertz CT molecular complexity index is 798. The number of ether oxygens (including phenoxy) is 2. The van der Waals surface area contributed by atoms with E-state index in [1.165, 1.54) is 7.11 Å². The predicted octanol–water partition coefficient (Wildman–Crippen LogP) is 3.46. The van der Waals surface area contributed by atoms with Gasteiger partial charge in [0.05, 0.1) is 18.4 Å². The highest BCUT2D eigenvalue weighted by Crippen LogP contribution is 2.25. The smallest absolute Gasteiger partial charge is 0.342 e. The zero-order valence-electron chi connectivity index (χ0n) is 14.5. The van der Waals surface area contributed by atoms with E-state index < -0.39 is 18.5 Å². The van der Waals surface area contributed by atoms with Gasteiger partial charge in [0, 0.05) is 5.69 Å². The number of nitrogens with zero attached hydrogens (tertiary/aromatic N) is 1. The number of pyridine rings is 1. The number of carbonyl (C=O) groups is 2. The minimum Gasteiger partial charge on any atom is -0.495 e. The summed E-state index contributed by atoms with van der Waals surface area (Å²) in [5.74, 6) is -0.653. The molecule has 0 aliphatic rings. The van der Waals surface area contributed by atoms with Crippen LogP contribution in [-0.2, 0) is 9.53 Å². The summed E-state index contributed by atoms with van der Waals surface area (Å²) in [4.78, 5) is 28.3. The van der Waals surface area contributed by atoms with Gasteiger partial charge in [-0.1, -0.05) is 17.7 Å². The van der Waals surface area contributed by atoms with E-state index in [1.807, 2.05) is 13.0 Å². The summed E-state index contributed by atoms with van der Waals surface area (Å²) in [6.45, 7) is 4.95. The molecular weight excluding hydrogens is 344 g/mol. The highest BCUT2D eigenvalue weighted by atomic mass is 35.5. The summed E-state index contributed by atoms with van der Waals surface area (Å²) < 4.78 is 10.2. The van der Waals surface area contributed by atoms with Crippen LogP contribution in [0.4, 0.5) is 5.69 Å². The molecule has 6 nitrogen and oxygen atoms in total. The number of anilines is 1. The largest absolute Gasteiger partial charge is 0.495 e. The lowest BCUT2D eigenvalue weighted by molar-refractivity contribution is -0.119. The number of esters is 1. The first kappa shape index (κ1) is 18.7. The van der Waals surface area contributed by atoms with E-state index in [9.17, 15) is 9.59 Å². The molecule has 0 saturated carbocycles. The van der Waals surface area contributed by atoms with Crippen molar-refractivity contribution in [1.29, 1.82) is 0 Å². The molecule has 0 radical (unpaired) electrons. The Labute approximate surface area is 151 Å². The van der Waals surface area contributed by atoms with Crippen molar-refractivity contribution in [3.05, 3.63) is 51.8 Å². The van der Waals surface area contributed by atoms with Gasteiger partial charge in [0.25, 0.3) is 5.91 Å². The van der Waals surface area contributed by atoms with E-state index in [4.69, 9.17) is 21.1 Å². The number of carbonyl (C=O) groups excluding carboxylic acids is 2. The van der Waals surface area contributed by atoms with Crippen LogP contribution in [0.1, 0.15) is 27.2 Å². The van der Waals surface area contributed by atoms with Crippen LogP contribution in [-0.4, -0.2) is 30.6 Å². The molecule has 0 bridgehead atoms. The van der Waals surface area contributed by atoms with Crippen molar-refractivity contribution < 1.29 is 19.1 Å². The number of halogens is 1. The highest BCUT2D eigenvalue weighted by Gasteiger charge is 2.18. The van der Waals surface area contributed by atoms with Gasteiger partial charge in [-0.15, -0.1) is 0 Å². The second-order valence-corrected chi connectivity index (χ2v) is 5.93. The molecule has 2 rings (SSSR count). The van der Waals surface area contributed by atoms with Crippen LogP contribution in [0.5, 0.6) is 5.75 Å². The molecule has 0 aliphatic carbocycles. The lowest BCUT2D eigenvalue weighted by Crippen LogP contribution is -2.22. The Morgan fingerprint density at radius 2 is 1.92 bits per heavy atom. The van der Waals surface area contributed by atoms with Crippen molar-refractivity contribution in [2.75, 3.05) is 19.0 Å². The van der Waals surface area contributed by atoms with Crippen LogP contribution < -0.4 is 10.1 Å². The fourth-order valence-electron chi connectivity index (χ4n) is 2.35. The summed E-state index contributed by atoms with van der Waals surface area (Å²) in [5, 5.41) is 2.72. The maximum Gasteiger partial charge on any atom is 0.342 e. The highest BCUT2D eigenvalue weighted by molar-refractivity contribution is 6.32. The number of aryl methyl sites for hydroxylation is 3. The van der Waals surface area contributed by atoms with Gasteiger partial charge in [-0.2, -0.15) is 0 Å². The van der Waals surface area contributed by atoms with Crippen LogP contribution in [0.2, 0.25) is 5.15 Å². The molecule has 1 heterocycles. The summed E-state index contributed by atoms with van der Waals surface area (Å²) in [6, 6.07) is 7.10. The number of hydrogen-bond acceptors (Lipinski definition) is 5. The molecule has 0 saturated heterocycles. The molecule has 25 heavy (non-hydrogen) atoms. The molecule has 132 valence electrons. The summed E-state index contributed by atoms with van der Waals surface area (Å²) in [6.07, 6.45) is 0. The van der Waals surface area contributed by atoms with E-state index in [0.717, 1.165) is 5.56 Å². The van der Waals surface area contributed by atoms with Gasteiger partial charge in [0.2, 0.25) is 0 Å². The molecule has 0 atom stereocenters. The zero-order valence-corrected chi connectivity index (χ0v) is 15.2. The monoisotopic (exact) mass is 362 g/mol. The summed E-state index contributed by atoms with van der Waals surface area (Å²) >= 11 is 6.00. The first-order valence-electron chi connectivity index (χ1n) is 7.57. The van der Waals surface area contributed by atoms with Gasteiger partial charge >= 0.3 is 5.97 Å². The van der Waals surface area contributed by atoms with Gasteiger partial charge in [0.1, 0.15) is 10.9 Å². The number of hydrogen-bond donors (Lipinski definition) is 1. The summed E-state index contributed by atoms with van der Waals surface area (Å²) in [7, 11) is 1.51. The fourth-order valence-corrected chi connectivity index (χ4v) is 2.70. The Morgan fingerprint density at radius 3 is 2.56 bits per heavy atom. The van der Waals surface area contributed by atoms with Crippen molar-refractivity contribution in [3.8, 4) is 5.75 Å². The second-order valence-electron chi connectivity index (χ2n) is 5.57. The number of amides is 1. The maximum atomic E-state index is 12.2. The molecule has 1 aromatic carbocycles. The molecule has 1 N–H and O–H groups in total. The third-order valence-electron chi connectivity index (χ3n) is 3.47. The maximum absolute atomic E-state index is 12.2. The van der Waals surface area contributed by atoms with E-state index in [0.29, 0.717) is 22.7 Å². The molecule has 2 aromatic rings. The van der Waals surface area contributed by atoms with Crippen LogP contribution in [0.25, 0.3) is 0 Å². The molecule has 1 amide bonds. The third kappa shape index (κ3) is 4.70. The third-order valence-corrected chi connectivity index (χ3v) is 3.74. The Morgan fingerprint density at radius 1 is 1.20 bits per heavy atom. The average Bonchev–Trinajstić information content (AvgIpc) is 2.52. The molecule has 1 aromatic heterocycles. The van der Waals surface area contributed by atoms with Crippen molar-refractivity contribution in [1.82, 2.24) is 4.98 Å². The van der Waals surface area contributed by atoms with Crippen molar-refractivity contribution in [3.63, 3.8) is 0 Å². The molecule has 0 aliphatic heterocycles. The van der Waals surface area contributed by atoms with Gasteiger partial charge < -0.3 is 14.8 Å². The van der Waals surface area contributed by atoms with Gasteiger partial charge in [-0.25, -0.2) is 9.78 Å². The molecule has 0 fully saturated rings. The first-order chi connectivity index (χ1) is 11.8. The Hall–Kier alpha value is -2.60. The number of rotatable bonds is 5. The number of benzene rings is 1. The zero-order chi connectivity index (χ0) is 18.6. The summed E-state index contributed by atoms with van der Waals surface area (Å²) in [5.41, 5.74) is 2.97. The predicted molar refractivity (Wildman–Crippen MR) is 95.4 cm³/mol. The van der Waals surface area contributed by atoms with Crippen molar-refractivity contribution in [2.45, 2.75) is 20.8 Å². The first-order valence-corrected chi connectivity index (χ1v) is 7.95. The lowest BCUT2D eigenvalue weighted by atomic mass is 10.1.